The Bertz CT molecular complexity index is 591. The highest BCUT2D eigenvalue weighted by Gasteiger charge is 2.12. The van der Waals surface area contributed by atoms with Gasteiger partial charge < -0.3 is 16.2 Å². The zero-order valence-electron chi connectivity index (χ0n) is 9.18. The van der Waals surface area contributed by atoms with E-state index >= 15 is 0 Å². The number of amides is 1. The number of nitrogens with zero attached hydrogens (tertiary/aromatic N) is 1. The van der Waals surface area contributed by atoms with Crippen LogP contribution >= 0.6 is 12.2 Å². The summed E-state index contributed by atoms with van der Waals surface area (Å²) in [6.07, 6.45) is 1.44. The van der Waals surface area contributed by atoms with Crippen LogP contribution in [0.25, 0.3) is 0 Å². The van der Waals surface area contributed by atoms with Crippen molar-refractivity contribution < 1.29 is 9.90 Å². The fraction of sp³-hybridized carbons (Fsp3) is 0. The Kier molecular flexibility index (Phi) is 3.24. The Morgan fingerprint density at radius 2 is 2.06 bits per heavy atom. The van der Waals surface area contributed by atoms with Gasteiger partial charge in [0.25, 0.3) is 5.91 Å². The van der Waals surface area contributed by atoms with E-state index in [1.165, 1.54) is 30.5 Å². The Hall–Kier alpha value is -2.41. The Morgan fingerprint density at radius 1 is 1.39 bits per heavy atom. The number of benzene rings is 1. The van der Waals surface area contributed by atoms with Crippen molar-refractivity contribution in [2.75, 3.05) is 5.32 Å². The highest BCUT2D eigenvalue weighted by atomic mass is 32.1. The first-order valence-corrected chi connectivity index (χ1v) is 5.42. The van der Waals surface area contributed by atoms with E-state index in [9.17, 15) is 4.79 Å². The molecule has 18 heavy (non-hydrogen) atoms. The molecule has 1 aromatic carbocycles. The first-order valence-electron chi connectivity index (χ1n) is 5.01. The quantitative estimate of drug-likeness (QED) is 0.618. The molecule has 2 aromatic rings. The van der Waals surface area contributed by atoms with E-state index in [1.807, 2.05) is 0 Å². The predicted molar refractivity (Wildman–Crippen MR) is 70.5 cm³/mol. The summed E-state index contributed by atoms with van der Waals surface area (Å²) >= 11 is 4.82. The van der Waals surface area contributed by atoms with E-state index in [0.29, 0.717) is 16.9 Å². The number of aromatic hydroxyl groups is 1. The lowest BCUT2D eigenvalue weighted by Crippen LogP contribution is -2.16. The van der Waals surface area contributed by atoms with E-state index < -0.39 is 0 Å². The third-order valence-electron chi connectivity index (χ3n) is 2.27. The van der Waals surface area contributed by atoms with Crippen LogP contribution < -0.4 is 11.1 Å². The molecule has 0 fully saturated rings. The van der Waals surface area contributed by atoms with Gasteiger partial charge in [-0.3, -0.25) is 9.89 Å². The van der Waals surface area contributed by atoms with Crippen LogP contribution in [-0.2, 0) is 0 Å². The zero-order valence-corrected chi connectivity index (χ0v) is 9.99. The summed E-state index contributed by atoms with van der Waals surface area (Å²) < 4.78 is 0. The molecule has 1 heterocycles. The van der Waals surface area contributed by atoms with E-state index in [0.717, 1.165) is 0 Å². The molecule has 1 aromatic heterocycles. The number of carbonyl (C=O) groups excluding carboxylic acids is 1. The minimum Gasteiger partial charge on any atom is -0.508 e. The second-order valence-electron chi connectivity index (χ2n) is 3.52. The van der Waals surface area contributed by atoms with Gasteiger partial charge in [-0.2, -0.15) is 5.10 Å². The summed E-state index contributed by atoms with van der Waals surface area (Å²) in [5, 5.41) is 18.1. The molecule has 2 rings (SSSR count). The van der Waals surface area contributed by atoms with Crippen molar-refractivity contribution >= 4 is 28.9 Å². The van der Waals surface area contributed by atoms with Crippen molar-refractivity contribution in [3.63, 3.8) is 0 Å². The molecule has 0 saturated heterocycles. The molecule has 6 nitrogen and oxygen atoms in total. The van der Waals surface area contributed by atoms with E-state index in [2.05, 4.69) is 15.5 Å². The standard InChI is InChI=1S/C11H10N4O2S/c12-9(18)8-5-13-15-10(8)14-11(17)6-1-3-7(16)4-2-6/h1-5,16H,(H2,12,18)(H2,13,14,15,17). The summed E-state index contributed by atoms with van der Waals surface area (Å²) in [7, 11) is 0. The lowest BCUT2D eigenvalue weighted by atomic mass is 10.2. The first-order chi connectivity index (χ1) is 8.58. The van der Waals surface area contributed by atoms with Gasteiger partial charge in [-0.15, -0.1) is 0 Å². The number of H-pyrrole nitrogens is 1. The van der Waals surface area contributed by atoms with Crippen LogP contribution in [0.2, 0.25) is 0 Å². The van der Waals surface area contributed by atoms with Crippen LogP contribution in [0, 0.1) is 0 Å². The minimum atomic E-state index is -0.350. The zero-order chi connectivity index (χ0) is 13.1. The lowest BCUT2D eigenvalue weighted by Gasteiger charge is -2.04. The van der Waals surface area contributed by atoms with Gasteiger partial charge in [0.05, 0.1) is 11.8 Å². The second kappa shape index (κ2) is 4.84. The van der Waals surface area contributed by atoms with Crippen LogP contribution in [0.3, 0.4) is 0 Å². The van der Waals surface area contributed by atoms with Gasteiger partial charge in [0.1, 0.15) is 16.6 Å². The molecule has 7 heteroatoms. The van der Waals surface area contributed by atoms with Crippen LogP contribution in [0.15, 0.2) is 30.5 Å². The number of hydrogen-bond donors (Lipinski definition) is 4. The van der Waals surface area contributed by atoms with Crippen LogP contribution in [-0.4, -0.2) is 26.2 Å². The summed E-state index contributed by atoms with van der Waals surface area (Å²) in [6, 6.07) is 5.86. The number of nitrogens with one attached hydrogen (secondary N) is 2. The molecule has 5 N–H and O–H groups in total. The molecule has 92 valence electrons. The largest absolute Gasteiger partial charge is 0.508 e. The SMILES string of the molecule is NC(=S)c1cn[nH]c1NC(=O)c1ccc(O)cc1. The van der Waals surface area contributed by atoms with Gasteiger partial charge in [0.2, 0.25) is 0 Å². The summed E-state index contributed by atoms with van der Waals surface area (Å²) in [4.78, 5) is 12.0. The molecule has 0 atom stereocenters. The Labute approximate surface area is 108 Å². The number of nitrogens with two attached hydrogens (primary N) is 1. The average molecular weight is 262 g/mol. The number of aromatic nitrogens is 2. The minimum absolute atomic E-state index is 0.0944. The third-order valence-corrected chi connectivity index (χ3v) is 2.49. The molecule has 0 aliphatic rings. The van der Waals surface area contributed by atoms with Crippen LogP contribution in [0.4, 0.5) is 5.82 Å². The van der Waals surface area contributed by atoms with Crippen LogP contribution in [0.5, 0.6) is 5.75 Å². The van der Waals surface area contributed by atoms with Crippen molar-refractivity contribution in [1.29, 1.82) is 0 Å². The fourth-order valence-electron chi connectivity index (χ4n) is 1.37. The number of phenolic OH excluding ortho intramolecular Hbond substituents is 1. The van der Waals surface area contributed by atoms with E-state index in [4.69, 9.17) is 23.1 Å². The third kappa shape index (κ3) is 2.46. The Balaban J connectivity index is 2.19. The van der Waals surface area contributed by atoms with Crippen molar-refractivity contribution in [3.8, 4) is 5.75 Å². The molecule has 0 saturated carbocycles. The highest BCUT2D eigenvalue weighted by molar-refractivity contribution is 7.80. The molecule has 0 aliphatic carbocycles. The van der Waals surface area contributed by atoms with Gasteiger partial charge in [-0.05, 0) is 24.3 Å². The van der Waals surface area contributed by atoms with Gasteiger partial charge in [0.15, 0.2) is 0 Å². The number of thiocarbonyl (C=S) groups is 1. The molecule has 0 aliphatic heterocycles. The molecule has 0 bridgehead atoms. The summed E-state index contributed by atoms with van der Waals surface area (Å²) in [5.74, 6) is 0.0919. The number of hydrogen-bond acceptors (Lipinski definition) is 4. The molecule has 0 unspecified atom stereocenters. The van der Waals surface area contributed by atoms with Crippen molar-refractivity contribution in [2.45, 2.75) is 0 Å². The van der Waals surface area contributed by atoms with Crippen molar-refractivity contribution in [2.24, 2.45) is 5.73 Å². The van der Waals surface area contributed by atoms with Gasteiger partial charge in [0, 0.05) is 5.56 Å². The first kappa shape index (κ1) is 12.1. The number of rotatable bonds is 3. The molecule has 0 spiro atoms. The summed E-state index contributed by atoms with van der Waals surface area (Å²) in [6.45, 7) is 0. The predicted octanol–water partition coefficient (Wildman–Crippen LogP) is 1.00. The molecule has 1 amide bonds. The molecule has 0 radical (unpaired) electrons. The lowest BCUT2D eigenvalue weighted by molar-refractivity contribution is 0.102. The van der Waals surface area contributed by atoms with E-state index in [-0.39, 0.29) is 16.6 Å². The normalized spacial score (nSPS) is 10.0. The number of anilines is 1. The highest BCUT2D eigenvalue weighted by Crippen LogP contribution is 2.14. The average Bonchev–Trinajstić information content (AvgIpc) is 2.78. The maximum atomic E-state index is 11.9. The van der Waals surface area contributed by atoms with Gasteiger partial charge in [-0.25, -0.2) is 0 Å². The van der Waals surface area contributed by atoms with Crippen molar-refractivity contribution in [3.05, 3.63) is 41.6 Å². The van der Waals surface area contributed by atoms with Crippen LogP contribution in [0.1, 0.15) is 15.9 Å². The maximum absolute atomic E-state index is 11.9. The van der Waals surface area contributed by atoms with Gasteiger partial charge >= 0.3 is 0 Å². The monoisotopic (exact) mass is 262 g/mol. The van der Waals surface area contributed by atoms with Crippen molar-refractivity contribution in [1.82, 2.24) is 10.2 Å². The van der Waals surface area contributed by atoms with E-state index in [1.54, 1.807) is 0 Å². The smallest absolute Gasteiger partial charge is 0.256 e. The topological polar surface area (TPSA) is 104 Å². The number of carbonyl (C=O) groups is 1. The Morgan fingerprint density at radius 3 is 2.67 bits per heavy atom. The number of phenols is 1. The second-order valence-corrected chi connectivity index (χ2v) is 3.96. The molecular weight excluding hydrogens is 252 g/mol. The maximum Gasteiger partial charge on any atom is 0.256 e. The summed E-state index contributed by atoms with van der Waals surface area (Å²) in [5.41, 5.74) is 6.35. The van der Waals surface area contributed by atoms with Gasteiger partial charge in [-0.1, -0.05) is 12.2 Å². The number of aromatic amines is 1. The fourth-order valence-corrected chi connectivity index (χ4v) is 1.52. The molecular formula is C11H10N4O2S.